The van der Waals surface area contributed by atoms with Crippen molar-refractivity contribution in [2.45, 2.75) is 26.2 Å². The molecule has 0 aliphatic carbocycles. The SMILES string of the molecule is CCOC(=O)Cc1csc(NN=Cc2ccc(N3CCCC3)c(Cl)c2)n1. The summed E-state index contributed by atoms with van der Waals surface area (Å²) in [5, 5.41) is 7.37. The number of halogens is 1. The number of hydrogen-bond donors (Lipinski definition) is 1. The van der Waals surface area contributed by atoms with Crippen molar-refractivity contribution in [1.29, 1.82) is 0 Å². The van der Waals surface area contributed by atoms with Gasteiger partial charge in [0.2, 0.25) is 5.13 Å². The van der Waals surface area contributed by atoms with Gasteiger partial charge >= 0.3 is 5.97 Å². The van der Waals surface area contributed by atoms with Crippen LogP contribution in [0.2, 0.25) is 5.02 Å². The fraction of sp³-hybridized carbons (Fsp3) is 0.389. The number of benzene rings is 1. The van der Waals surface area contributed by atoms with Gasteiger partial charge in [0.05, 0.1) is 35.6 Å². The Morgan fingerprint density at radius 3 is 3.00 bits per heavy atom. The van der Waals surface area contributed by atoms with Crippen LogP contribution in [0.3, 0.4) is 0 Å². The lowest BCUT2D eigenvalue weighted by molar-refractivity contribution is -0.142. The third kappa shape index (κ3) is 4.95. The van der Waals surface area contributed by atoms with Gasteiger partial charge in [-0.15, -0.1) is 11.3 Å². The number of thiazole rings is 1. The van der Waals surface area contributed by atoms with Gasteiger partial charge in [0.15, 0.2) is 0 Å². The highest BCUT2D eigenvalue weighted by atomic mass is 35.5. The molecular weight excluding hydrogens is 372 g/mol. The number of nitrogens with zero attached hydrogens (tertiary/aromatic N) is 3. The molecule has 1 N–H and O–H groups in total. The molecule has 0 spiro atoms. The molecular formula is C18H21ClN4O2S. The minimum atomic E-state index is -0.277. The maximum atomic E-state index is 11.5. The van der Waals surface area contributed by atoms with Crippen molar-refractivity contribution in [2.75, 3.05) is 30.0 Å². The van der Waals surface area contributed by atoms with Gasteiger partial charge in [-0.3, -0.25) is 10.2 Å². The standard InChI is InChI=1S/C18H21ClN4O2S/c1-2-25-17(24)10-14-12-26-18(21-14)22-20-11-13-5-6-16(15(19)9-13)23-7-3-4-8-23/h5-6,9,11-12H,2-4,7-8,10H2,1H3,(H,21,22). The first-order valence-corrected chi connectivity index (χ1v) is 9.85. The first-order valence-electron chi connectivity index (χ1n) is 8.59. The number of hydrogen-bond acceptors (Lipinski definition) is 7. The van der Waals surface area contributed by atoms with Crippen molar-refractivity contribution >= 4 is 45.9 Å². The van der Waals surface area contributed by atoms with Crippen LogP contribution in [0.25, 0.3) is 0 Å². The molecule has 2 heterocycles. The second-order valence-corrected chi connectivity index (χ2v) is 7.17. The van der Waals surface area contributed by atoms with Gasteiger partial charge in [0.1, 0.15) is 0 Å². The number of carbonyl (C=O) groups is 1. The summed E-state index contributed by atoms with van der Waals surface area (Å²) >= 11 is 7.80. The molecule has 6 nitrogen and oxygen atoms in total. The summed E-state index contributed by atoms with van der Waals surface area (Å²) in [6, 6.07) is 5.95. The maximum absolute atomic E-state index is 11.5. The second-order valence-electron chi connectivity index (χ2n) is 5.90. The second kappa shape index (κ2) is 9.00. The summed E-state index contributed by atoms with van der Waals surface area (Å²) in [5.74, 6) is -0.277. The van der Waals surface area contributed by atoms with E-state index in [1.807, 2.05) is 23.6 Å². The molecule has 1 saturated heterocycles. The van der Waals surface area contributed by atoms with Gasteiger partial charge < -0.3 is 9.64 Å². The Bertz CT molecular complexity index is 787. The van der Waals surface area contributed by atoms with E-state index in [1.165, 1.54) is 24.2 Å². The largest absolute Gasteiger partial charge is 0.466 e. The smallest absolute Gasteiger partial charge is 0.311 e. The zero-order chi connectivity index (χ0) is 18.4. The van der Waals surface area contributed by atoms with Crippen LogP contribution < -0.4 is 10.3 Å². The van der Waals surface area contributed by atoms with E-state index in [-0.39, 0.29) is 12.4 Å². The first-order chi connectivity index (χ1) is 12.7. The fourth-order valence-corrected chi connectivity index (χ4v) is 3.75. The van der Waals surface area contributed by atoms with Crippen LogP contribution in [0.1, 0.15) is 31.0 Å². The van der Waals surface area contributed by atoms with Crippen LogP contribution in [0, 0.1) is 0 Å². The predicted octanol–water partition coefficient (Wildman–Crippen LogP) is 3.95. The van der Waals surface area contributed by atoms with E-state index in [9.17, 15) is 4.79 Å². The molecule has 8 heteroatoms. The number of anilines is 2. The van der Waals surface area contributed by atoms with Crippen LogP contribution in [0.4, 0.5) is 10.8 Å². The lowest BCUT2D eigenvalue weighted by Crippen LogP contribution is -2.17. The van der Waals surface area contributed by atoms with Crippen molar-refractivity contribution in [3.63, 3.8) is 0 Å². The zero-order valence-corrected chi connectivity index (χ0v) is 16.1. The highest BCUT2D eigenvalue weighted by molar-refractivity contribution is 7.13. The Labute approximate surface area is 161 Å². The quantitative estimate of drug-likeness (QED) is 0.439. The van der Waals surface area contributed by atoms with Crippen LogP contribution >= 0.6 is 22.9 Å². The zero-order valence-electron chi connectivity index (χ0n) is 14.6. The van der Waals surface area contributed by atoms with Gasteiger partial charge in [0.25, 0.3) is 0 Å². The molecule has 0 radical (unpaired) electrons. The monoisotopic (exact) mass is 392 g/mol. The topological polar surface area (TPSA) is 66.8 Å². The van der Waals surface area contributed by atoms with E-state index in [0.29, 0.717) is 17.4 Å². The predicted molar refractivity (Wildman–Crippen MR) is 107 cm³/mol. The number of nitrogens with one attached hydrogen (secondary N) is 1. The molecule has 138 valence electrons. The lowest BCUT2D eigenvalue weighted by atomic mass is 10.2. The Balaban J connectivity index is 1.56. The van der Waals surface area contributed by atoms with E-state index in [1.54, 1.807) is 13.1 Å². The molecule has 1 aliphatic rings. The van der Waals surface area contributed by atoms with Crippen LogP contribution in [0.5, 0.6) is 0 Å². The van der Waals surface area contributed by atoms with E-state index in [0.717, 1.165) is 29.4 Å². The maximum Gasteiger partial charge on any atom is 0.311 e. The number of rotatable bonds is 7. The minimum Gasteiger partial charge on any atom is -0.466 e. The molecule has 0 saturated carbocycles. The number of ether oxygens (including phenoxy) is 1. The molecule has 0 bridgehead atoms. The number of esters is 1. The Morgan fingerprint density at radius 1 is 1.46 bits per heavy atom. The Hall–Kier alpha value is -2.12. The lowest BCUT2D eigenvalue weighted by Gasteiger charge is -2.19. The fourth-order valence-electron chi connectivity index (χ4n) is 2.78. The molecule has 1 aliphatic heterocycles. The summed E-state index contributed by atoms with van der Waals surface area (Å²) in [4.78, 5) is 18.1. The van der Waals surface area contributed by atoms with Gasteiger partial charge in [-0.05, 0) is 37.5 Å². The average Bonchev–Trinajstić information content (AvgIpc) is 3.27. The van der Waals surface area contributed by atoms with E-state index in [2.05, 4.69) is 20.4 Å². The van der Waals surface area contributed by atoms with Crippen molar-refractivity contribution in [3.8, 4) is 0 Å². The van der Waals surface area contributed by atoms with Gasteiger partial charge in [-0.1, -0.05) is 17.7 Å². The molecule has 26 heavy (non-hydrogen) atoms. The number of aromatic nitrogens is 1. The molecule has 1 aromatic carbocycles. The van der Waals surface area contributed by atoms with Crippen LogP contribution in [-0.2, 0) is 16.0 Å². The van der Waals surface area contributed by atoms with E-state index in [4.69, 9.17) is 16.3 Å². The van der Waals surface area contributed by atoms with Crippen molar-refractivity contribution < 1.29 is 9.53 Å². The number of hydrazone groups is 1. The van der Waals surface area contributed by atoms with E-state index < -0.39 is 0 Å². The third-order valence-electron chi connectivity index (χ3n) is 3.97. The van der Waals surface area contributed by atoms with Crippen LogP contribution in [-0.4, -0.2) is 36.9 Å². The first kappa shape index (κ1) is 18.7. The summed E-state index contributed by atoms with van der Waals surface area (Å²) < 4.78 is 4.91. The van der Waals surface area contributed by atoms with Gasteiger partial charge in [-0.25, -0.2) is 4.98 Å². The minimum absolute atomic E-state index is 0.170. The summed E-state index contributed by atoms with van der Waals surface area (Å²) in [6.07, 6.45) is 4.31. The highest BCUT2D eigenvalue weighted by Gasteiger charge is 2.15. The molecule has 0 amide bonds. The molecule has 1 aromatic heterocycles. The summed E-state index contributed by atoms with van der Waals surface area (Å²) in [6.45, 7) is 4.28. The van der Waals surface area contributed by atoms with Gasteiger partial charge in [-0.2, -0.15) is 5.10 Å². The van der Waals surface area contributed by atoms with Gasteiger partial charge in [0, 0.05) is 18.5 Å². The highest BCUT2D eigenvalue weighted by Crippen LogP contribution is 2.29. The number of carbonyl (C=O) groups excluding carboxylic acids is 1. The molecule has 2 aromatic rings. The molecule has 0 unspecified atom stereocenters. The van der Waals surface area contributed by atoms with Crippen LogP contribution in [0.15, 0.2) is 28.7 Å². The summed E-state index contributed by atoms with van der Waals surface area (Å²) in [7, 11) is 0. The molecule has 0 atom stereocenters. The summed E-state index contributed by atoms with van der Waals surface area (Å²) in [5.41, 5.74) is 5.54. The normalized spacial score (nSPS) is 14.2. The molecule has 3 rings (SSSR count). The van der Waals surface area contributed by atoms with Crippen molar-refractivity contribution in [3.05, 3.63) is 39.9 Å². The third-order valence-corrected chi connectivity index (χ3v) is 5.07. The van der Waals surface area contributed by atoms with Crippen molar-refractivity contribution in [2.24, 2.45) is 5.10 Å². The molecule has 1 fully saturated rings. The Morgan fingerprint density at radius 2 is 2.27 bits per heavy atom. The Kier molecular flexibility index (Phi) is 6.46. The average molecular weight is 393 g/mol. The van der Waals surface area contributed by atoms with E-state index >= 15 is 0 Å². The van der Waals surface area contributed by atoms with Crippen molar-refractivity contribution in [1.82, 2.24) is 4.98 Å².